The largest absolute Gasteiger partial charge is 0.487 e. The van der Waals surface area contributed by atoms with Gasteiger partial charge in [-0.3, -0.25) is 4.79 Å². The maximum absolute atomic E-state index is 14.3. The van der Waals surface area contributed by atoms with E-state index >= 15 is 0 Å². The van der Waals surface area contributed by atoms with Crippen molar-refractivity contribution in [2.75, 3.05) is 5.32 Å². The van der Waals surface area contributed by atoms with Crippen LogP contribution in [0, 0.1) is 17.2 Å². The Morgan fingerprint density at radius 2 is 2.03 bits per heavy atom. The lowest BCUT2D eigenvalue weighted by Crippen LogP contribution is -2.42. The van der Waals surface area contributed by atoms with Crippen LogP contribution in [-0.4, -0.2) is 21.9 Å². The number of anilines is 2. The molecule has 8 heteroatoms. The molecule has 4 rings (SSSR count). The molecule has 0 spiro atoms. The zero-order valence-electron chi connectivity index (χ0n) is 18.7. The van der Waals surface area contributed by atoms with E-state index in [2.05, 4.69) is 10.3 Å². The Kier molecular flexibility index (Phi) is 7.29. The molecule has 0 aliphatic heterocycles. The van der Waals surface area contributed by atoms with Crippen LogP contribution in [0.4, 0.5) is 15.3 Å². The normalized spacial score (nSPS) is 20.6. The van der Waals surface area contributed by atoms with E-state index in [1.165, 1.54) is 17.4 Å². The molecular weight excluding hydrogens is 461 g/mol. The van der Waals surface area contributed by atoms with Crippen molar-refractivity contribution in [2.24, 2.45) is 11.3 Å². The minimum Gasteiger partial charge on any atom is -0.487 e. The van der Waals surface area contributed by atoms with Crippen LogP contribution in [0.5, 0.6) is 5.75 Å². The van der Waals surface area contributed by atoms with Crippen LogP contribution in [0.25, 0.3) is 0 Å². The molecule has 0 radical (unpaired) electrons. The maximum atomic E-state index is 14.3. The molecule has 0 bridgehead atoms. The van der Waals surface area contributed by atoms with Crippen LogP contribution in [-0.2, 0) is 11.2 Å². The van der Waals surface area contributed by atoms with E-state index in [4.69, 9.17) is 21.3 Å². The average molecular weight is 488 g/mol. The van der Waals surface area contributed by atoms with Gasteiger partial charge in [0.25, 0.3) is 0 Å². The van der Waals surface area contributed by atoms with Crippen LogP contribution in [0.2, 0.25) is 5.02 Å². The molecule has 174 valence electrons. The number of aromatic nitrogens is 2. The van der Waals surface area contributed by atoms with Gasteiger partial charge in [0.2, 0.25) is 0 Å². The first kappa shape index (κ1) is 23.6. The van der Waals surface area contributed by atoms with Crippen molar-refractivity contribution < 1.29 is 13.9 Å². The van der Waals surface area contributed by atoms with Gasteiger partial charge in [-0.15, -0.1) is 11.3 Å². The SMILES string of the molecule is CC(C)C(=O)C1(Cc2cccc(Nc3nccs3)n2)CCC(Oc2cccc(Cl)c2F)CC1. The number of hydrogen-bond acceptors (Lipinski definition) is 6. The summed E-state index contributed by atoms with van der Waals surface area (Å²) < 4.78 is 20.2. The van der Waals surface area contributed by atoms with E-state index in [0.717, 1.165) is 10.8 Å². The fraction of sp³-hybridized carbons (Fsp3) is 0.400. The summed E-state index contributed by atoms with van der Waals surface area (Å²) in [5.41, 5.74) is 0.360. The number of halogens is 2. The highest BCUT2D eigenvalue weighted by Crippen LogP contribution is 2.43. The highest BCUT2D eigenvalue weighted by Gasteiger charge is 2.43. The first-order chi connectivity index (χ1) is 15.9. The number of nitrogens with zero attached hydrogens (tertiary/aromatic N) is 2. The van der Waals surface area contributed by atoms with Gasteiger partial charge in [-0.2, -0.15) is 0 Å². The second-order valence-corrected chi connectivity index (χ2v) is 10.1. The van der Waals surface area contributed by atoms with Gasteiger partial charge in [-0.1, -0.05) is 37.6 Å². The number of ether oxygens (including phenoxy) is 1. The molecule has 0 saturated heterocycles. The van der Waals surface area contributed by atoms with Crippen molar-refractivity contribution in [1.82, 2.24) is 9.97 Å². The molecule has 1 aromatic carbocycles. The molecule has 2 heterocycles. The van der Waals surface area contributed by atoms with E-state index < -0.39 is 11.2 Å². The van der Waals surface area contributed by atoms with Crippen molar-refractivity contribution in [3.63, 3.8) is 0 Å². The number of carbonyl (C=O) groups is 1. The summed E-state index contributed by atoms with van der Waals surface area (Å²) in [6, 6.07) is 10.6. The Hall–Kier alpha value is -2.51. The first-order valence-electron chi connectivity index (χ1n) is 11.1. The third kappa shape index (κ3) is 5.53. The third-order valence-corrected chi connectivity index (χ3v) is 7.12. The fourth-order valence-electron chi connectivity index (χ4n) is 4.53. The molecule has 0 amide bonds. The predicted octanol–water partition coefficient (Wildman–Crippen LogP) is 6.85. The quantitative estimate of drug-likeness (QED) is 0.376. The Bertz CT molecular complexity index is 1100. The minimum atomic E-state index is -0.539. The predicted molar refractivity (Wildman–Crippen MR) is 130 cm³/mol. The lowest BCUT2D eigenvalue weighted by molar-refractivity contribution is -0.135. The average Bonchev–Trinajstić information content (AvgIpc) is 3.31. The second-order valence-electron chi connectivity index (χ2n) is 8.82. The number of Topliss-reactive ketones (excluding diaryl/α,β-unsaturated/α-hetero) is 1. The molecule has 1 N–H and O–H groups in total. The molecular formula is C25H27ClFN3O2S. The molecule has 1 aliphatic carbocycles. The van der Waals surface area contributed by atoms with Crippen molar-refractivity contribution in [3.8, 4) is 5.75 Å². The summed E-state index contributed by atoms with van der Waals surface area (Å²) >= 11 is 7.39. The molecule has 1 fully saturated rings. The topological polar surface area (TPSA) is 64.1 Å². The number of pyridine rings is 1. The highest BCUT2D eigenvalue weighted by atomic mass is 35.5. The summed E-state index contributed by atoms with van der Waals surface area (Å²) in [5, 5.41) is 5.94. The molecule has 0 unspecified atom stereocenters. The van der Waals surface area contributed by atoms with Crippen molar-refractivity contribution >= 4 is 39.7 Å². The Morgan fingerprint density at radius 1 is 1.27 bits per heavy atom. The Balaban J connectivity index is 1.49. The Labute approximate surface area is 202 Å². The summed E-state index contributed by atoms with van der Waals surface area (Å²) in [5.74, 6) is 0.503. The number of rotatable bonds is 8. The molecule has 2 aromatic heterocycles. The van der Waals surface area contributed by atoms with Gasteiger partial charge >= 0.3 is 0 Å². The van der Waals surface area contributed by atoms with Crippen LogP contribution in [0.15, 0.2) is 48.0 Å². The van der Waals surface area contributed by atoms with Crippen LogP contribution in [0.1, 0.15) is 45.2 Å². The second kappa shape index (κ2) is 10.2. The standard InChI is InChI=1S/C25H27ClFN3O2S/c1-16(2)23(31)25(15-17-5-3-8-21(29-17)30-24-28-13-14-33-24)11-9-18(10-12-25)32-20-7-4-6-19(26)22(20)27/h3-8,13-14,16,18H,9-12,15H2,1-2H3,(H,28,29,30). The Morgan fingerprint density at radius 3 is 2.73 bits per heavy atom. The molecule has 1 saturated carbocycles. The molecule has 1 aliphatic rings. The number of ketones is 1. The number of carbonyl (C=O) groups excluding carboxylic acids is 1. The van der Waals surface area contributed by atoms with Crippen molar-refractivity contribution in [1.29, 1.82) is 0 Å². The number of benzene rings is 1. The van der Waals surface area contributed by atoms with E-state index in [-0.39, 0.29) is 28.6 Å². The maximum Gasteiger partial charge on any atom is 0.188 e. The monoisotopic (exact) mass is 487 g/mol. The molecule has 5 nitrogen and oxygen atoms in total. The molecule has 3 aromatic rings. The highest BCUT2D eigenvalue weighted by molar-refractivity contribution is 7.13. The first-order valence-corrected chi connectivity index (χ1v) is 12.4. The fourth-order valence-corrected chi connectivity index (χ4v) is 5.23. The van der Waals surface area contributed by atoms with E-state index in [0.29, 0.717) is 37.9 Å². The summed E-state index contributed by atoms with van der Waals surface area (Å²) in [4.78, 5) is 22.3. The third-order valence-electron chi connectivity index (χ3n) is 6.14. The van der Waals surface area contributed by atoms with Gasteiger partial charge < -0.3 is 10.1 Å². The number of hydrogen-bond donors (Lipinski definition) is 1. The lowest BCUT2D eigenvalue weighted by Gasteiger charge is -2.40. The zero-order chi connectivity index (χ0) is 23.4. The molecule has 0 atom stereocenters. The lowest BCUT2D eigenvalue weighted by atomic mass is 9.65. The van der Waals surface area contributed by atoms with Gasteiger partial charge in [0.15, 0.2) is 16.7 Å². The summed E-state index contributed by atoms with van der Waals surface area (Å²) in [6.07, 6.45) is 4.82. The van der Waals surface area contributed by atoms with Crippen LogP contribution >= 0.6 is 22.9 Å². The summed E-state index contributed by atoms with van der Waals surface area (Å²) in [7, 11) is 0. The van der Waals surface area contributed by atoms with Crippen LogP contribution < -0.4 is 10.1 Å². The van der Waals surface area contributed by atoms with Gasteiger partial charge in [-0.05, 0) is 49.9 Å². The van der Waals surface area contributed by atoms with Crippen LogP contribution in [0.3, 0.4) is 0 Å². The van der Waals surface area contributed by atoms with E-state index in [9.17, 15) is 9.18 Å². The van der Waals surface area contributed by atoms with Gasteiger partial charge in [0.1, 0.15) is 11.6 Å². The van der Waals surface area contributed by atoms with E-state index in [1.807, 2.05) is 37.4 Å². The van der Waals surface area contributed by atoms with Gasteiger partial charge in [0.05, 0.1) is 11.1 Å². The van der Waals surface area contributed by atoms with Crippen molar-refractivity contribution in [2.45, 2.75) is 52.1 Å². The minimum absolute atomic E-state index is 0.0463. The molecule has 33 heavy (non-hydrogen) atoms. The van der Waals surface area contributed by atoms with Crippen molar-refractivity contribution in [3.05, 3.63) is 64.5 Å². The smallest absolute Gasteiger partial charge is 0.188 e. The van der Waals surface area contributed by atoms with Gasteiger partial charge in [-0.25, -0.2) is 14.4 Å². The number of thiazole rings is 1. The number of nitrogens with one attached hydrogen (secondary N) is 1. The summed E-state index contributed by atoms with van der Waals surface area (Å²) in [6.45, 7) is 3.89. The van der Waals surface area contributed by atoms with Gasteiger partial charge in [0, 0.05) is 35.0 Å². The van der Waals surface area contributed by atoms with E-state index in [1.54, 1.807) is 18.3 Å². The zero-order valence-corrected chi connectivity index (χ0v) is 20.3.